The lowest BCUT2D eigenvalue weighted by molar-refractivity contribution is -0.170. The molecule has 0 bridgehead atoms. The Morgan fingerprint density at radius 2 is 2.12 bits per heavy atom. The number of halogens is 3. The highest BCUT2D eigenvalue weighted by Gasteiger charge is 2.37. The van der Waals surface area contributed by atoms with E-state index in [1.54, 1.807) is 20.8 Å². The summed E-state index contributed by atoms with van der Waals surface area (Å²) in [5.74, 6) is -0.185. The minimum atomic E-state index is -4.43. The molecule has 0 saturated carbocycles. The maximum absolute atomic E-state index is 12.9. The summed E-state index contributed by atoms with van der Waals surface area (Å²) >= 11 is 0. The van der Waals surface area contributed by atoms with Crippen LogP contribution in [0.2, 0.25) is 0 Å². The van der Waals surface area contributed by atoms with Crippen LogP contribution in [0.5, 0.6) is 0 Å². The number of amides is 1. The van der Waals surface area contributed by atoms with Gasteiger partial charge in [-0.3, -0.25) is 4.79 Å². The predicted molar refractivity (Wildman–Crippen MR) is 80.6 cm³/mol. The van der Waals surface area contributed by atoms with Crippen molar-refractivity contribution in [2.75, 3.05) is 19.8 Å². The molecule has 0 aromatic carbocycles. The maximum atomic E-state index is 12.9. The van der Waals surface area contributed by atoms with Crippen LogP contribution in [0.25, 0.3) is 0 Å². The number of carbonyl (C=O) groups is 1. The van der Waals surface area contributed by atoms with Crippen molar-refractivity contribution in [3.05, 3.63) is 17.0 Å². The van der Waals surface area contributed by atoms with Crippen LogP contribution >= 0.6 is 0 Å². The zero-order chi connectivity index (χ0) is 17.9. The van der Waals surface area contributed by atoms with Gasteiger partial charge in [0.2, 0.25) is 5.91 Å². The lowest BCUT2D eigenvalue weighted by atomic mass is 9.95. The molecule has 0 spiro atoms. The van der Waals surface area contributed by atoms with Gasteiger partial charge in [-0.05, 0) is 32.6 Å². The number of hydrogen-bond acceptors (Lipinski definition) is 4. The van der Waals surface area contributed by atoms with E-state index in [0.29, 0.717) is 30.9 Å². The maximum Gasteiger partial charge on any atom is 0.406 e. The summed E-state index contributed by atoms with van der Waals surface area (Å²) in [5, 5.41) is 3.84. The molecule has 1 fully saturated rings. The van der Waals surface area contributed by atoms with E-state index < -0.39 is 24.7 Å². The Morgan fingerprint density at radius 1 is 1.42 bits per heavy atom. The second-order valence-corrected chi connectivity index (χ2v) is 6.35. The van der Waals surface area contributed by atoms with Gasteiger partial charge in [-0.2, -0.15) is 13.2 Å². The number of nitrogens with zero attached hydrogens (tertiary/aromatic N) is 2. The van der Waals surface area contributed by atoms with E-state index in [1.165, 1.54) is 0 Å². The number of hydrogen-bond donors (Lipinski definition) is 0. The molecule has 5 nitrogen and oxygen atoms in total. The van der Waals surface area contributed by atoms with Gasteiger partial charge < -0.3 is 14.2 Å². The first kappa shape index (κ1) is 18.8. The zero-order valence-corrected chi connectivity index (χ0v) is 14.2. The minimum absolute atomic E-state index is 0.0184. The van der Waals surface area contributed by atoms with E-state index in [0.717, 1.165) is 10.5 Å². The fourth-order valence-corrected chi connectivity index (χ4v) is 3.26. The first-order valence-corrected chi connectivity index (χ1v) is 8.05. The average Bonchev–Trinajstić information content (AvgIpc) is 2.83. The third kappa shape index (κ3) is 4.72. The Bertz CT molecular complexity index is 546. The van der Waals surface area contributed by atoms with Crippen LogP contribution in [0.1, 0.15) is 49.1 Å². The molecule has 2 atom stereocenters. The molecule has 2 rings (SSSR count). The molecule has 0 unspecified atom stereocenters. The third-order valence-corrected chi connectivity index (χ3v) is 4.31. The Morgan fingerprint density at radius 3 is 2.62 bits per heavy atom. The smallest absolute Gasteiger partial charge is 0.379 e. The first-order chi connectivity index (χ1) is 11.2. The van der Waals surface area contributed by atoms with Gasteiger partial charge in [-0.1, -0.05) is 12.1 Å². The summed E-state index contributed by atoms with van der Waals surface area (Å²) in [7, 11) is 0. The fourth-order valence-electron chi connectivity index (χ4n) is 3.26. The van der Waals surface area contributed by atoms with Gasteiger partial charge in [0.15, 0.2) is 0 Å². The average molecular weight is 348 g/mol. The Balaban J connectivity index is 2.11. The molecule has 1 aromatic heterocycles. The van der Waals surface area contributed by atoms with Crippen LogP contribution in [0.15, 0.2) is 4.52 Å². The van der Waals surface area contributed by atoms with Crippen LogP contribution in [-0.2, 0) is 9.53 Å². The zero-order valence-electron chi connectivity index (χ0n) is 14.2. The van der Waals surface area contributed by atoms with Crippen molar-refractivity contribution >= 4 is 5.91 Å². The van der Waals surface area contributed by atoms with Gasteiger partial charge in [0.25, 0.3) is 0 Å². The lowest BCUT2D eigenvalue weighted by Crippen LogP contribution is -2.49. The van der Waals surface area contributed by atoms with Gasteiger partial charge in [-0.25, -0.2) is 0 Å². The highest BCUT2D eigenvalue weighted by atomic mass is 19.4. The molecule has 8 heteroatoms. The summed E-state index contributed by atoms with van der Waals surface area (Å²) in [6, 6.07) is -0.523. The molecule has 2 heterocycles. The fraction of sp³-hybridized carbons (Fsp3) is 0.750. The van der Waals surface area contributed by atoms with Gasteiger partial charge >= 0.3 is 6.18 Å². The minimum Gasteiger partial charge on any atom is -0.379 e. The quantitative estimate of drug-likeness (QED) is 0.819. The van der Waals surface area contributed by atoms with Crippen molar-refractivity contribution < 1.29 is 27.2 Å². The standard InChI is InChI=1S/C16H23F3N2O3/c1-10(15-11(2)20-24-12(15)3)7-14(22)21(9-16(17,18)19)13-5-4-6-23-8-13/h10,13H,4-9H2,1-3H3/t10-,13+/m1/s1. The normalized spacial score (nSPS) is 20.0. The second-order valence-electron chi connectivity index (χ2n) is 6.35. The molecule has 0 aliphatic carbocycles. The number of carbonyl (C=O) groups excluding carboxylic acids is 1. The molecule has 1 aliphatic heterocycles. The lowest BCUT2D eigenvalue weighted by Gasteiger charge is -2.35. The number of aromatic nitrogens is 1. The first-order valence-electron chi connectivity index (χ1n) is 8.05. The van der Waals surface area contributed by atoms with Crippen molar-refractivity contribution in [1.82, 2.24) is 10.1 Å². The summed E-state index contributed by atoms with van der Waals surface area (Å²) < 4.78 is 49.0. The van der Waals surface area contributed by atoms with E-state index >= 15 is 0 Å². The van der Waals surface area contributed by atoms with Gasteiger partial charge in [0.1, 0.15) is 12.3 Å². The molecular weight excluding hydrogens is 325 g/mol. The summed E-state index contributed by atoms with van der Waals surface area (Å²) in [6.45, 7) is 4.73. The monoisotopic (exact) mass is 348 g/mol. The SMILES string of the molecule is Cc1noc(C)c1[C@H](C)CC(=O)N(CC(F)(F)F)[C@H]1CCCOC1. The highest BCUT2D eigenvalue weighted by molar-refractivity contribution is 5.77. The van der Waals surface area contributed by atoms with Gasteiger partial charge in [0.05, 0.1) is 18.3 Å². The second kappa shape index (κ2) is 7.55. The molecule has 1 amide bonds. The van der Waals surface area contributed by atoms with Gasteiger partial charge in [0, 0.05) is 18.6 Å². The van der Waals surface area contributed by atoms with Crippen LogP contribution < -0.4 is 0 Å². The third-order valence-electron chi connectivity index (χ3n) is 4.31. The highest BCUT2D eigenvalue weighted by Crippen LogP contribution is 2.28. The van der Waals surface area contributed by atoms with Crippen LogP contribution in [0, 0.1) is 13.8 Å². The van der Waals surface area contributed by atoms with Crippen LogP contribution in [0.3, 0.4) is 0 Å². The van der Waals surface area contributed by atoms with E-state index in [4.69, 9.17) is 9.26 Å². The Kier molecular flexibility index (Phi) is 5.90. The molecule has 0 N–H and O–H groups in total. The molecule has 1 aromatic rings. The molecule has 1 saturated heterocycles. The van der Waals surface area contributed by atoms with Crippen molar-refractivity contribution in [3.63, 3.8) is 0 Å². The largest absolute Gasteiger partial charge is 0.406 e. The van der Waals surface area contributed by atoms with Crippen LogP contribution in [-0.4, -0.2) is 47.9 Å². The molecule has 1 aliphatic rings. The van der Waals surface area contributed by atoms with E-state index in [2.05, 4.69) is 5.16 Å². The number of ether oxygens (including phenoxy) is 1. The Hall–Kier alpha value is -1.57. The summed E-state index contributed by atoms with van der Waals surface area (Å²) in [4.78, 5) is 13.5. The van der Waals surface area contributed by atoms with Crippen molar-refractivity contribution in [1.29, 1.82) is 0 Å². The molecule has 136 valence electrons. The van der Waals surface area contributed by atoms with Crippen molar-refractivity contribution in [2.24, 2.45) is 0 Å². The predicted octanol–water partition coefficient (Wildman–Crippen LogP) is 3.35. The van der Waals surface area contributed by atoms with Crippen LogP contribution in [0.4, 0.5) is 13.2 Å². The van der Waals surface area contributed by atoms with Crippen molar-refractivity contribution in [2.45, 2.75) is 58.2 Å². The number of alkyl halides is 3. The molecular formula is C16H23F3N2O3. The summed E-state index contributed by atoms with van der Waals surface area (Å²) in [6.07, 6.45) is -3.26. The topological polar surface area (TPSA) is 55.6 Å². The number of rotatable bonds is 5. The van der Waals surface area contributed by atoms with Crippen molar-refractivity contribution in [3.8, 4) is 0 Å². The molecule has 0 radical (unpaired) electrons. The number of aryl methyl sites for hydroxylation is 2. The molecule has 24 heavy (non-hydrogen) atoms. The van der Waals surface area contributed by atoms with E-state index in [-0.39, 0.29) is 18.9 Å². The van der Waals surface area contributed by atoms with Gasteiger partial charge in [-0.15, -0.1) is 0 Å². The van der Waals surface area contributed by atoms with E-state index in [9.17, 15) is 18.0 Å². The summed E-state index contributed by atoms with van der Waals surface area (Å²) in [5.41, 5.74) is 1.45. The van der Waals surface area contributed by atoms with E-state index in [1.807, 2.05) is 0 Å². The Labute approximate surface area is 139 Å².